The summed E-state index contributed by atoms with van der Waals surface area (Å²) in [6.07, 6.45) is -0.163. The quantitative estimate of drug-likeness (QED) is 0.562. The van der Waals surface area contributed by atoms with Crippen LogP contribution in [-0.4, -0.2) is 34.4 Å². The van der Waals surface area contributed by atoms with Gasteiger partial charge >= 0.3 is 5.97 Å². The Bertz CT molecular complexity index is 339. The van der Waals surface area contributed by atoms with E-state index in [0.717, 1.165) is 6.08 Å². The van der Waals surface area contributed by atoms with Gasteiger partial charge in [0, 0.05) is 0 Å². The number of allylic oxidation sites excluding steroid dienone is 1. The topological polar surface area (TPSA) is 92.8 Å². The second kappa shape index (κ2) is 4.00. The number of aliphatic hydroxyl groups excluding tert-OH is 2. The first-order chi connectivity index (χ1) is 6.91. The fraction of sp³-hybridized carbons (Fsp3) is 0.444. The van der Waals surface area contributed by atoms with E-state index in [1.165, 1.54) is 0 Å². The Morgan fingerprint density at radius 1 is 1.80 bits per heavy atom. The van der Waals surface area contributed by atoms with Crippen molar-refractivity contribution in [1.29, 1.82) is 0 Å². The van der Waals surface area contributed by atoms with Crippen molar-refractivity contribution >= 4 is 5.97 Å². The lowest BCUT2D eigenvalue weighted by molar-refractivity contribution is -0.150. The molecule has 2 unspecified atom stereocenters. The summed E-state index contributed by atoms with van der Waals surface area (Å²) < 4.78 is 17.4. The van der Waals surface area contributed by atoms with E-state index in [0.29, 0.717) is 6.08 Å². The van der Waals surface area contributed by atoms with E-state index in [-0.39, 0.29) is 6.61 Å². The van der Waals surface area contributed by atoms with Gasteiger partial charge in [0.15, 0.2) is 11.4 Å². The average molecular weight is 217 g/mol. The SMILES string of the molecule is CCOC(=O)C1(N)C=C(O)C(F)=CC1O. The van der Waals surface area contributed by atoms with Crippen LogP contribution in [0.1, 0.15) is 6.92 Å². The summed E-state index contributed by atoms with van der Waals surface area (Å²) in [4.78, 5) is 11.4. The zero-order valence-corrected chi connectivity index (χ0v) is 8.11. The largest absolute Gasteiger partial charge is 0.505 e. The van der Waals surface area contributed by atoms with Gasteiger partial charge in [-0.3, -0.25) is 0 Å². The van der Waals surface area contributed by atoms with Crippen molar-refractivity contribution in [3.05, 3.63) is 23.7 Å². The van der Waals surface area contributed by atoms with Crippen LogP contribution in [0.4, 0.5) is 4.39 Å². The second-order valence-corrected chi connectivity index (χ2v) is 3.14. The zero-order chi connectivity index (χ0) is 11.6. The number of rotatable bonds is 2. The molecule has 1 rings (SSSR count). The summed E-state index contributed by atoms with van der Waals surface area (Å²) >= 11 is 0. The number of carbonyl (C=O) groups is 1. The van der Waals surface area contributed by atoms with Crippen molar-refractivity contribution in [1.82, 2.24) is 0 Å². The molecule has 84 valence electrons. The van der Waals surface area contributed by atoms with Crippen molar-refractivity contribution < 1.29 is 24.1 Å². The Morgan fingerprint density at radius 3 is 2.93 bits per heavy atom. The smallest absolute Gasteiger partial charge is 0.333 e. The number of esters is 1. The molecule has 0 aliphatic heterocycles. The number of nitrogens with two attached hydrogens (primary N) is 1. The first-order valence-corrected chi connectivity index (χ1v) is 4.35. The second-order valence-electron chi connectivity index (χ2n) is 3.14. The molecule has 5 nitrogen and oxygen atoms in total. The highest BCUT2D eigenvalue weighted by Gasteiger charge is 2.43. The van der Waals surface area contributed by atoms with E-state index >= 15 is 0 Å². The van der Waals surface area contributed by atoms with Crippen LogP contribution in [0.25, 0.3) is 0 Å². The van der Waals surface area contributed by atoms with Crippen LogP contribution < -0.4 is 5.73 Å². The van der Waals surface area contributed by atoms with Crippen LogP contribution >= 0.6 is 0 Å². The summed E-state index contributed by atoms with van der Waals surface area (Å²) in [6, 6.07) is 0. The molecular formula is C9H12FNO4. The molecule has 0 fully saturated rings. The third kappa shape index (κ3) is 2.00. The van der Waals surface area contributed by atoms with Gasteiger partial charge in [0.1, 0.15) is 11.9 Å². The van der Waals surface area contributed by atoms with E-state index in [2.05, 4.69) is 4.74 Å². The van der Waals surface area contributed by atoms with E-state index < -0.39 is 29.2 Å². The number of hydrogen-bond acceptors (Lipinski definition) is 5. The Hall–Kier alpha value is -1.40. The maximum Gasteiger partial charge on any atom is 0.333 e. The monoisotopic (exact) mass is 217 g/mol. The van der Waals surface area contributed by atoms with Crippen molar-refractivity contribution in [3.63, 3.8) is 0 Å². The highest BCUT2D eigenvalue weighted by molar-refractivity contribution is 5.85. The molecule has 0 bridgehead atoms. The molecule has 15 heavy (non-hydrogen) atoms. The number of halogens is 1. The van der Waals surface area contributed by atoms with Gasteiger partial charge in [-0.25, -0.2) is 9.18 Å². The van der Waals surface area contributed by atoms with E-state index in [9.17, 15) is 14.3 Å². The fourth-order valence-electron chi connectivity index (χ4n) is 1.18. The number of aliphatic hydroxyl groups is 2. The normalized spacial score (nSPS) is 30.5. The highest BCUT2D eigenvalue weighted by Crippen LogP contribution is 2.25. The highest BCUT2D eigenvalue weighted by atomic mass is 19.1. The summed E-state index contributed by atoms with van der Waals surface area (Å²) in [5.74, 6) is -2.73. The molecular weight excluding hydrogens is 205 g/mol. The molecule has 1 aliphatic carbocycles. The maximum absolute atomic E-state index is 12.8. The predicted molar refractivity (Wildman–Crippen MR) is 49.5 cm³/mol. The lowest BCUT2D eigenvalue weighted by atomic mass is 9.88. The van der Waals surface area contributed by atoms with Gasteiger partial charge in [0.25, 0.3) is 0 Å². The molecule has 0 aromatic heterocycles. The first kappa shape index (κ1) is 11.7. The minimum absolute atomic E-state index is 0.0747. The van der Waals surface area contributed by atoms with Gasteiger partial charge in [-0.1, -0.05) is 0 Å². The molecule has 1 aliphatic rings. The van der Waals surface area contributed by atoms with Gasteiger partial charge in [0.05, 0.1) is 6.61 Å². The standard InChI is InChI=1S/C9H12FNO4/c1-2-15-8(14)9(11)4-6(12)5(10)3-7(9)13/h3-4,7,12-13H,2,11H2,1H3. The average Bonchev–Trinajstić information content (AvgIpc) is 2.15. The van der Waals surface area contributed by atoms with E-state index in [4.69, 9.17) is 10.8 Å². The van der Waals surface area contributed by atoms with Crippen molar-refractivity contribution in [2.45, 2.75) is 18.6 Å². The molecule has 0 aromatic rings. The summed E-state index contributed by atoms with van der Waals surface area (Å²) in [7, 11) is 0. The van der Waals surface area contributed by atoms with Crippen molar-refractivity contribution in [2.24, 2.45) is 5.73 Å². The van der Waals surface area contributed by atoms with Crippen LogP contribution in [-0.2, 0) is 9.53 Å². The van der Waals surface area contributed by atoms with Gasteiger partial charge in [-0.15, -0.1) is 0 Å². The lowest BCUT2D eigenvalue weighted by Gasteiger charge is -2.29. The summed E-state index contributed by atoms with van der Waals surface area (Å²) in [5, 5.41) is 18.5. The molecule has 0 amide bonds. The van der Waals surface area contributed by atoms with Gasteiger partial charge < -0.3 is 20.7 Å². The lowest BCUT2D eigenvalue weighted by Crippen LogP contribution is -2.57. The Kier molecular flexibility index (Phi) is 3.11. The minimum atomic E-state index is -1.93. The molecule has 6 heteroatoms. The van der Waals surface area contributed by atoms with Crippen LogP contribution in [0.2, 0.25) is 0 Å². The molecule has 0 saturated heterocycles. The molecule has 0 saturated carbocycles. The Morgan fingerprint density at radius 2 is 2.40 bits per heavy atom. The molecule has 4 N–H and O–H groups in total. The minimum Gasteiger partial charge on any atom is -0.505 e. The van der Waals surface area contributed by atoms with Gasteiger partial charge in [0.2, 0.25) is 0 Å². The molecule has 2 atom stereocenters. The Labute approximate surface area is 85.6 Å². The van der Waals surface area contributed by atoms with Crippen LogP contribution in [0.15, 0.2) is 23.7 Å². The maximum atomic E-state index is 12.8. The molecule has 0 heterocycles. The summed E-state index contributed by atoms with van der Waals surface area (Å²) in [5.41, 5.74) is 3.58. The van der Waals surface area contributed by atoms with Gasteiger partial charge in [-0.2, -0.15) is 0 Å². The van der Waals surface area contributed by atoms with Crippen molar-refractivity contribution in [2.75, 3.05) is 6.61 Å². The predicted octanol–water partition coefficient (Wildman–Crippen LogP) is -0.0832. The summed E-state index contributed by atoms with van der Waals surface area (Å²) in [6.45, 7) is 1.64. The van der Waals surface area contributed by atoms with Crippen LogP contribution in [0.5, 0.6) is 0 Å². The van der Waals surface area contributed by atoms with Gasteiger partial charge in [-0.05, 0) is 19.1 Å². The van der Waals surface area contributed by atoms with Crippen molar-refractivity contribution in [3.8, 4) is 0 Å². The third-order valence-corrected chi connectivity index (χ3v) is 2.04. The molecule has 0 radical (unpaired) electrons. The van der Waals surface area contributed by atoms with Crippen LogP contribution in [0.3, 0.4) is 0 Å². The number of ether oxygens (including phenoxy) is 1. The van der Waals surface area contributed by atoms with Crippen LogP contribution in [0, 0.1) is 0 Å². The molecule has 0 spiro atoms. The third-order valence-electron chi connectivity index (χ3n) is 2.04. The number of carbonyl (C=O) groups excluding carboxylic acids is 1. The zero-order valence-electron chi connectivity index (χ0n) is 8.11. The number of hydrogen-bond donors (Lipinski definition) is 3. The van der Waals surface area contributed by atoms with E-state index in [1.54, 1.807) is 6.92 Å². The fourth-order valence-corrected chi connectivity index (χ4v) is 1.18. The Balaban J connectivity index is 3.00. The van der Waals surface area contributed by atoms with E-state index in [1.807, 2.05) is 0 Å². The first-order valence-electron chi connectivity index (χ1n) is 4.35. The molecule has 0 aromatic carbocycles.